The third-order valence-electron chi connectivity index (χ3n) is 9.98. The molecule has 4 aromatic rings. The average Bonchev–Trinajstić information content (AvgIpc) is 3.60. The third-order valence-corrected chi connectivity index (χ3v) is 9.98. The predicted molar refractivity (Wildman–Crippen MR) is 164 cm³/mol. The number of fused-ring (bicyclic) bond motifs is 3. The Kier molecular flexibility index (Phi) is 6.42. The molecule has 0 radical (unpaired) electrons. The van der Waals surface area contributed by atoms with Crippen LogP contribution in [0.25, 0.3) is 32.8 Å². The van der Waals surface area contributed by atoms with Gasteiger partial charge in [-0.2, -0.15) is 9.97 Å². The summed E-state index contributed by atoms with van der Waals surface area (Å²) in [6.45, 7) is 5.78. The van der Waals surface area contributed by atoms with E-state index >= 15 is 4.39 Å². The first-order chi connectivity index (χ1) is 21.4. The third kappa shape index (κ3) is 4.29. The molecule has 10 heteroatoms. The molecule has 0 atom stereocenters. The molecule has 4 fully saturated rings. The second-order valence-corrected chi connectivity index (χ2v) is 12.6. The lowest BCUT2D eigenvalue weighted by Crippen LogP contribution is -2.69. The van der Waals surface area contributed by atoms with Crippen molar-refractivity contribution in [3.63, 3.8) is 0 Å². The fourth-order valence-corrected chi connectivity index (χ4v) is 7.72. The highest BCUT2D eigenvalue weighted by Gasteiger charge is 2.45. The van der Waals surface area contributed by atoms with E-state index in [0.29, 0.717) is 48.3 Å². The van der Waals surface area contributed by atoms with E-state index in [1.807, 2.05) is 0 Å². The summed E-state index contributed by atoms with van der Waals surface area (Å²) < 4.78 is 44.1. The summed E-state index contributed by atoms with van der Waals surface area (Å²) in [7, 11) is 0. The van der Waals surface area contributed by atoms with Crippen molar-refractivity contribution in [2.75, 3.05) is 57.4 Å². The number of phenols is 1. The molecule has 0 aliphatic carbocycles. The fraction of sp³-hybridized carbons (Fsp3) is 0.412. The van der Waals surface area contributed by atoms with Crippen molar-refractivity contribution < 1.29 is 23.4 Å². The van der Waals surface area contributed by atoms with Crippen LogP contribution < -0.4 is 15.0 Å². The average molecular weight is 598 g/mol. The number of ether oxygens (including phenoxy) is 2. The highest BCUT2D eigenvalue weighted by Crippen LogP contribution is 2.42. The summed E-state index contributed by atoms with van der Waals surface area (Å²) in [5, 5.41) is 15.2. The molecule has 44 heavy (non-hydrogen) atoms. The molecular weight excluding hydrogens is 564 g/mol. The summed E-state index contributed by atoms with van der Waals surface area (Å²) in [5.74, 6) is 1.71. The lowest BCUT2D eigenvalue weighted by Gasteiger charge is -2.49. The van der Waals surface area contributed by atoms with Crippen molar-refractivity contribution in [3.05, 3.63) is 53.6 Å². The molecule has 4 saturated heterocycles. The maximum atomic E-state index is 16.8. The number of halogens is 2. The maximum Gasteiger partial charge on any atom is 0.319 e. The van der Waals surface area contributed by atoms with Crippen LogP contribution in [0.15, 0.2) is 36.4 Å². The second kappa shape index (κ2) is 10.3. The molecule has 226 valence electrons. The van der Waals surface area contributed by atoms with Gasteiger partial charge in [0, 0.05) is 36.0 Å². The van der Waals surface area contributed by atoms with E-state index in [2.05, 4.69) is 26.0 Å². The van der Waals surface area contributed by atoms with Gasteiger partial charge in [-0.1, -0.05) is 18.1 Å². The zero-order valence-electron chi connectivity index (χ0n) is 24.3. The normalized spacial score (nSPS) is 20.6. The van der Waals surface area contributed by atoms with E-state index in [9.17, 15) is 9.50 Å². The number of hydrogen-bond donors (Lipinski definition) is 2. The quantitative estimate of drug-likeness (QED) is 0.323. The number of benzene rings is 3. The van der Waals surface area contributed by atoms with Crippen LogP contribution >= 0.6 is 0 Å². The zero-order valence-corrected chi connectivity index (χ0v) is 24.3. The predicted octanol–water partition coefficient (Wildman–Crippen LogP) is 4.60. The minimum atomic E-state index is -0.620. The van der Waals surface area contributed by atoms with Crippen molar-refractivity contribution in [2.24, 2.45) is 0 Å². The van der Waals surface area contributed by atoms with E-state index in [1.165, 1.54) is 24.3 Å². The first kappa shape index (κ1) is 27.5. The zero-order chi connectivity index (χ0) is 30.1. The molecule has 8 rings (SSSR count). The Balaban J connectivity index is 1.28. The van der Waals surface area contributed by atoms with Gasteiger partial charge in [0.2, 0.25) is 0 Å². The largest absolute Gasteiger partial charge is 0.508 e. The van der Waals surface area contributed by atoms with E-state index in [0.717, 1.165) is 51.9 Å². The Hall–Kier alpha value is -4.04. The molecule has 4 aliphatic heterocycles. The highest BCUT2D eigenvalue weighted by molar-refractivity contribution is 6.04. The van der Waals surface area contributed by atoms with Crippen molar-refractivity contribution in [3.8, 4) is 35.2 Å². The lowest BCUT2D eigenvalue weighted by molar-refractivity contribution is -0.0883. The Bertz CT molecular complexity index is 1840. The van der Waals surface area contributed by atoms with Crippen LogP contribution in [-0.2, 0) is 4.74 Å². The van der Waals surface area contributed by atoms with Gasteiger partial charge in [0.15, 0.2) is 5.82 Å². The topological polar surface area (TPSA) is 83.0 Å². The standard InChI is InChI=1S/C34H33F2N5O3/c1-2-23-27(35)8-5-21-15-22(42)16-26(28(21)23)24-6-7-25-30(29(24)36)38-32(43-20-33-9-3-11-41(33)12-4-10-33)39-31(25)40-13-14-44-34(19-40)17-37-18-34/h1,5-8,15-16,37,42H,3-4,9-14,17-20H2. The van der Waals surface area contributed by atoms with Gasteiger partial charge in [-0.3, -0.25) is 4.90 Å². The molecule has 4 aliphatic rings. The van der Waals surface area contributed by atoms with Crippen LogP contribution in [0.1, 0.15) is 31.2 Å². The molecule has 0 unspecified atom stereocenters. The van der Waals surface area contributed by atoms with Crippen molar-refractivity contribution in [1.29, 1.82) is 0 Å². The van der Waals surface area contributed by atoms with Gasteiger partial charge in [0.05, 0.1) is 24.3 Å². The molecule has 0 saturated carbocycles. The monoisotopic (exact) mass is 597 g/mol. The fourth-order valence-electron chi connectivity index (χ4n) is 7.72. The molecular formula is C34H33F2N5O3. The number of morpholine rings is 1. The van der Waals surface area contributed by atoms with Gasteiger partial charge in [0.25, 0.3) is 0 Å². The van der Waals surface area contributed by atoms with Gasteiger partial charge >= 0.3 is 6.01 Å². The van der Waals surface area contributed by atoms with Crippen molar-refractivity contribution in [2.45, 2.75) is 36.8 Å². The van der Waals surface area contributed by atoms with Gasteiger partial charge < -0.3 is 24.8 Å². The van der Waals surface area contributed by atoms with Crippen molar-refractivity contribution >= 4 is 27.5 Å². The summed E-state index contributed by atoms with van der Waals surface area (Å²) >= 11 is 0. The summed E-state index contributed by atoms with van der Waals surface area (Å²) in [6.07, 6.45) is 10.1. The molecule has 8 nitrogen and oxygen atoms in total. The van der Waals surface area contributed by atoms with Crippen LogP contribution in [-0.4, -0.2) is 83.6 Å². The Morgan fingerprint density at radius 1 is 1.05 bits per heavy atom. The summed E-state index contributed by atoms with van der Waals surface area (Å²) in [6, 6.07) is 9.21. The first-order valence-electron chi connectivity index (χ1n) is 15.3. The smallest absolute Gasteiger partial charge is 0.319 e. The minimum Gasteiger partial charge on any atom is -0.508 e. The molecule has 1 aromatic heterocycles. The Morgan fingerprint density at radius 2 is 1.86 bits per heavy atom. The molecule has 5 heterocycles. The second-order valence-electron chi connectivity index (χ2n) is 12.6. The Labute approximate surface area is 254 Å². The molecule has 2 N–H and O–H groups in total. The van der Waals surface area contributed by atoms with Crippen LogP contribution in [0.2, 0.25) is 0 Å². The Morgan fingerprint density at radius 3 is 2.61 bits per heavy atom. The van der Waals surface area contributed by atoms with E-state index in [-0.39, 0.29) is 45.1 Å². The SMILES string of the molecule is C#Cc1c(F)ccc2cc(O)cc(-c3ccc4c(N5CCOC6(CNC6)C5)nc(OCC56CCCN5CCC6)nc4c3F)c12. The van der Waals surface area contributed by atoms with E-state index in [4.69, 9.17) is 20.9 Å². The lowest BCUT2D eigenvalue weighted by atomic mass is 9.92. The number of rotatable bonds is 5. The van der Waals surface area contributed by atoms with Crippen LogP contribution in [0.3, 0.4) is 0 Å². The van der Waals surface area contributed by atoms with E-state index < -0.39 is 11.6 Å². The summed E-state index contributed by atoms with van der Waals surface area (Å²) in [4.78, 5) is 14.2. The molecule has 3 aromatic carbocycles. The first-order valence-corrected chi connectivity index (χ1v) is 15.3. The van der Waals surface area contributed by atoms with Gasteiger partial charge in [-0.15, -0.1) is 6.42 Å². The number of aromatic nitrogens is 2. The van der Waals surface area contributed by atoms with Crippen molar-refractivity contribution in [1.82, 2.24) is 20.2 Å². The number of aromatic hydroxyl groups is 1. The number of phenolic OH excluding ortho intramolecular Hbond substituents is 1. The summed E-state index contributed by atoms with van der Waals surface area (Å²) in [5.41, 5.74) is 0.195. The van der Waals surface area contributed by atoms with Gasteiger partial charge in [-0.25, -0.2) is 8.78 Å². The number of nitrogens with one attached hydrogen (secondary N) is 1. The molecule has 0 bridgehead atoms. The van der Waals surface area contributed by atoms with Gasteiger partial charge in [-0.05, 0) is 74.0 Å². The maximum absolute atomic E-state index is 16.8. The molecule has 1 spiro atoms. The van der Waals surface area contributed by atoms with Crippen LogP contribution in [0, 0.1) is 24.0 Å². The minimum absolute atomic E-state index is 0.00839. The molecule has 0 amide bonds. The van der Waals surface area contributed by atoms with Crippen LogP contribution in [0.5, 0.6) is 11.8 Å². The highest BCUT2D eigenvalue weighted by atomic mass is 19.1. The number of terminal acetylenes is 1. The number of hydrogen-bond acceptors (Lipinski definition) is 8. The van der Waals surface area contributed by atoms with Gasteiger partial charge in [0.1, 0.15) is 35.1 Å². The number of anilines is 1. The van der Waals surface area contributed by atoms with E-state index in [1.54, 1.807) is 12.1 Å². The van der Waals surface area contributed by atoms with Crippen LogP contribution in [0.4, 0.5) is 14.6 Å². The number of nitrogens with zero attached hydrogens (tertiary/aromatic N) is 4.